The number of carbonyl (C=O) groups is 1. The number of hydrogen-bond acceptors (Lipinski definition) is 3. The SMILES string of the molecule is COC(=O)COc1ccc(Br)cc1C12CC3CC(CC(C3)C1)C2. The summed E-state index contributed by atoms with van der Waals surface area (Å²) >= 11 is 3.62. The third-order valence-electron chi connectivity index (χ3n) is 6.12. The highest BCUT2D eigenvalue weighted by molar-refractivity contribution is 9.10. The molecule has 0 aromatic heterocycles. The van der Waals surface area contributed by atoms with E-state index in [2.05, 4.69) is 22.0 Å². The van der Waals surface area contributed by atoms with E-state index in [1.165, 1.54) is 51.2 Å². The average molecular weight is 379 g/mol. The van der Waals surface area contributed by atoms with Crippen LogP contribution in [0.2, 0.25) is 0 Å². The van der Waals surface area contributed by atoms with Gasteiger partial charge in [-0.2, -0.15) is 0 Å². The van der Waals surface area contributed by atoms with Crippen LogP contribution in [-0.2, 0) is 14.9 Å². The molecule has 0 spiro atoms. The molecule has 0 saturated heterocycles. The summed E-state index contributed by atoms with van der Waals surface area (Å²) in [5.74, 6) is 3.18. The molecule has 0 unspecified atom stereocenters. The fourth-order valence-corrected chi connectivity index (χ4v) is 6.04. The van der Waals surface area contributed by atoms with Crippen molar-refractivity contribution in [1.29, 1.82) is 0 Å². The first-order chi connectivity index (χ1) is 11.1. The van der Waals surface area contributed by atoms with E-state index in [9.17, 15) is 4.79 Å². The second-order valence-electron chi connectivity index (χ2n) is 7.70. The first-order valence-corrected chi connectivity index (χ1v) is 9.37. The Balaban J connectivity index is 1.67. The van der Waals surface area contributed by atoms with Gasteiger partial charge in [-0.15, -0.1) is 0 Å². The number of ether oxygens (including phenoxy) is 2. The van der Waals surface area contributed by atoms with Crippen LogP contribution in [0.1, 0.15) is 44.1 Å². The van der Waals surface area contributed by atoms with Crippen LogP contribution in [0.15, 0.2) is 22.7 Å². The van der Waals surface area contributed by atoms with Crippen LogP contribution in [0.25, 0.3) is 0 Å². The molecule has 4 bridgehead atoms. The molecule has 0 radical (unpaired) electrons. The number of esters is 1. The molecule has 3 nitrogen and oxygen atoms in total. The van der Waals surface area contributed by atoms with Gasteiger partial charge >= 0.3 is 5.97 Å². The van der Waals surface area contributed by atoms with Crippen molar-refractivity contribution >= 4 is 21.9 Å². The summed E-state index contributed by atoms with van der Waals surface area (Å²) in [6, 6.07) is 6.22. The van der Waals surface area contributed by atoms with E-state index in [1.807, 2.05) is 12.1 Å². The highest BCUT2D eigenvalue weighted by atomic mass is 79.9. The number of hydrogen-bond donors (Lipinski definition) is 0. The molecule has 4 fully saturated rings. The van der Waals surface area contributed by atoms with Gasteiger partial charge in [-0.3, -0.25) is 0 Å². The lowest BCUT2D eigenvalue weighted by molar-refractivity contribution is -0.143. The maximum atomic E-state index is 11.5. The van der Waals surface area contributed by atoms with Crippen molar-refractivity contribution in [3.63, 3.8) is 0 Å². The summed E-state index contributed by atoms with van der Waals surface area (Å²) in [6.45, 7) is -0.0164. The molecule has 4 saturated carbocycles. The van der Waals surface area contributed by atoms with Crippen LogP contribution in [0.4, 0.5) is 0 Å². The standard InChI is InChI=1S/C19H23BrO3/c1-22-18(21)11-23-17-3-2-15(20)7-16(17)19-8-12-4-13(9-19)6-14(5-12)10-19/h2-3,7,12-14H,4-6,8-11H2,1H3. The third kappa shape index (κ3) is 2.79. The average Bonchev–Trinajstić information content (AvgIpc) is 2.52. The van der Waals surface area contributed by atoms with Crippen molar-refractivity contribution in [3.05, 3.63) is 28.2 Å². The lowest BCUT2D eigenvalue weighted by atomic mass is 9.48. The van der Waals surface area contributed by atoms with E-state index in [-0.39, 0.29) is 18.0 Å². The molecule has 1 aromatic carbocycles. The van der Waals surface area contributed by atoms with Gasteiger partial charge in [-0.05, 0) is 79.9 Å². The number of methoxy groups -OCH3 is 1. The Labute approximate surface area is 145 Å². The van der Waals surface area contributed by atoms with Crippen molar-refractivity contribution in [3.8, 4) is 5.75 Å². The van der Waals surface area contributed by atoms with Gasteiger partial charge in [0, 0.05) is 10.0 Å². The van der Waals surface area contributed by atoms with Gasteiger partial charge in [0.15, 0.2) is 6.61 Å². The molecule has 5 rings (SSSR count). The monoisotopic (exact) mass is 378 g/mol. The van der Waals surface area contributed by atoms with Crippen LogP contribution in [0.5, 0.6) is 5.75 Å². The Morgan fingerprint density at radius 2 is 1.78 bits per heavy atom. The maximum Gasteiger partial charge on any atom is 0.343 e. The quantitative estimate of drug-likeness (QED) is 0.725. The van der Waals surface area contributed by atoms with Gasteiger partial charge in [0.25, 0.3) is 0 Å². The first-order valence-electron chi connectivity index (χ1n) is 8.57. The lowest BCUT2D eigenvalue weighted by Gasteiger charge is -2.57. The second kappa shape index (κ2) is 5.80. The summed E-state index contributed by atoms with van der Waals surface area (Å²) in [4.78, 5) is 11.5. The zero-order chi connectivity index (χ0) is 16.0. The fourth-order valence-electron chi connectivity index (χ4n) is 5.68. The van der Waals surface area contributed by atoms with Gasteiger partial charge in [0.05, 0.1) is 7.11 Å². The van der Waals surface area contributed by atoms with E-state index >= 15 is 0 Å². The predicted molar refractivity (Wildman–Crippen MR) is 91.5 cm³/mol. The number of halogens is 1. The molecule has 0 amide bonds. The summed E-state index contributed by atoms with van der Waals surface area (Å²) in [7, 11) is 1.40. The van der Waals surface area contributed by atoms with Gasteiger partial charge in [-0.25, -0.2) is 4.79 Å². The molecule has 4 aliphatic carbocycles. The van der Waals surface area contributed by atoms with Gasteiger partial charge in [0.2, 0.25) is 0 Å². The largest absolute Gasteiger partial charge is 0.482 e. The van der Waals surface area contributed by atoms with E-state index in [0.717, 1.165) is 28.0 Å². The number of rotatable bonds is 4. The molecule has 23 heavy (non-hydrogen) atoms. The van der Waals surface area contributed by atoms with Crippen molar-refractivity contribution in [2.24, 2.45) is 17.8 Å². The zero-order valence-electron chi connectivity index (χ0n) is 13.5. The minimum atomic E-state index is -0.329. The Morgan fingerprint density at radius 1 is 1.17 bits per heavy atom. The minimum Gasteiger partial charge on any atom is -0.482 e. The molecule has 124 valence electrons. The van der Waals surface area contributed by atoms with Crippen molar-refractivity contribution in [2.45, 2.75) is 43.9 Å². The molecular weight excluding hydrogens is 356 g/mol. The second-order valence-corrected chi connectivity index (χ2v) is 8.62. The number of benzene rings is 1. The predicted octanol–water partition coefficient (Wildman–Crippen LogP) is 4.47. The van der Waals surface area contributed by atoms with Crippen LogP contribution in [0.3, 0.4) is 0 Å². The number of carbonyl (C=O) groups excluding carboxylic acids is 1. The van der Waals surface area contributed by atoms with Crippen molar-refractivity contribution in [2.75, 3.05) is 13.7 Å². The Bertz CT molecular complexity index is 590. The van der Waals surface area contributed by atoms with Crippen molar-refractivity contribution in [1.82, 2.24) is 0 Å². The van der Waals surface area contributed by atoms with Crippen LogP contribution >= 0.6 is 15.9 Å². The summed E-state index contributed by atoms with van der Waals surface area (Å²) in [5.41, 5.74) is 1.55. The smallest absolute Gasteiger partial charge is 0.343 e. The Kier molecular flexibility index (Phi) is 3.91. The molecule has 0 heterocycles. The molecule has 0 aliphatic heterocycles. The molecule has 0 atom stereocenters. The lowest BCUT2D eigenvalue weighted by Crippen LogP contribution is -2.48. The third-order valence-corrected chi connectivity index (χ3v) is 6.62. The van der Waals surface area contributed by atoms with E-state index in [1.54, 1.807) is 0 Å². The molecule has 1 aromatic rings. The zero-order valence-corrected chi connectivity index (χ0v) is 15.1. The van der Waals surface area contributed by atoms with Crippen LogP contribution in [-0.4, -0.2) is 19.7 Å². The van der Waals surface area contributed by atoms with E-state index in [0.29, 0.717) is 0 Å². The normalized spacial score (nSPS) is 34.4. The molecule has 4 heteroatoms. The summed E-state index contributed by atoms with van der Waals surface area (Å²) < 4.78 is 11.6. The van der Waals surface area contributed by atoms with Gasteiger partial charge in [-0.1, -0.05) is 15.9 Å². The molecule has 0 N–H and O–H groups in total. The fraction of sp³-hybridized carbons (Fsp3) is 0.632. The van der Waals surface area contributed by atoms with E-state index < -0.39 is 0 Å². The highest BCUT2D eigenvalue weighted by Gasteiger charge is 2.52. The molecular formula is C19H23BrO3. The summed E-state index contributed by atoms with van der Waals surface area (Å²) in [5, 5.41) is 0. The Morgan fingerprint density at radius 3 is 2.35 bits per heavy atom. The maximum absolute atomic E-state index is 11.5. The topological polar surface area (TPSA) is 35.5 Å². The van der Waals surface area contributed by atoms with Crippen LogP contribution in [0, 0.1) is 17.8 Å². The Hall–Kier alpha value is -1.03. The van der Waals surface area contributed by atoms with Crippen LogP contribution < -0.4 is 4.74 Å². The van der Waals surface area contributed by atoms with E-state index in [4.69, 9.17) is 9.47 Å². The van der Waals surface area contributed by atoms with Crippen molar-refractivity contribution < 1.29 is 14.3 Å². The highest BCUT2D eigenvalue weighted by Crippen LogP contribution is 2.62. The summed E-state index contributed by atoms with van der Waals surface area (Å²) in [6.07, 6.45) is 8.11. The molecule has 4 aliphatic rings. The van der Waals surface area contributed by atoms with Gasteiger partial charge < -0.3 is 9.47 Å². The minimum absolute atomic E-state index is 0.0164. The first kappa shape index (κ1) is 15.5. The van der Waals surface area contributed by atoms with Gasteiger partial charge in [0.1, 0.15) is 5.75 Å².